The number of rotatable bonds is 1. The predicted molar refractivity (Wildman–Crippen MR) is 105 cm³/mol. The Balaban J connectivity index is 1.34. The topological polar surface area (TPSA) is 77.2 Å². The maximum atomic E-state index is 12.9. The van der Waals surface area contributed by atoms with E-state index >= 15 is 0 Å². The molecule has 3 N–H and O–H groups in total. The van der Waals surface area contributed by atoms with Crippen molar-refractivity contribution in [3.8, 4) is 0 Å². The lowest BCUT2D eigenvalue weighted by Gasteiger charge is -2.44. The molecule has 5 rings (SSSR count). The predicted octanol–water partition coefficient (Wildman–Crippen LogP) is 3.21. The van der Waals surface area contributed by atoms with Crippen LogP contribution in [0.25, 0.3) is 10.9 Å². The Morgan fingerprint density at radius 1 is 1.00 bits per heavy atom. The molecule has 2 amide bonds. The van der Waals surface area contributed by atoms with E-state index in [1.807, 2.05) is 59.6 Å². The smallest absolute Gasteiger partial charge is 0.253 e. The van der Waals surface area contributed by atoms with Gasteiger partial charge in [0, 0.05) is 35.8 Å². The summed E-state index contributed by atoms with van der Waals surface area (Å²) >= 11 is 0. The first-order valence-electron chi connectivity index (χ1n) is 9.20. The molecule has 6 heteroatoms. The van der Waals surface area contributed by atoms with Gasteiger partial charge in [0.15, 0.2) is 0 Å². The van der Waals surface area contributed by atoms with Gasteiger partial charge in [-0.3, -0.25) is 9.59 Å². The molecule has 3 heterocycles. The molecule has 2 aromatic carbocycles. The first kappa shape index (κ1) is 15.9. The molecule has 2 aliphatic rings. The van der Waals surface area contributed by atoms with Gasteiger partial charge in [0.1, 0.15) is 5.54 Å². The SMILES string of the molecule is O=C(c1ccc2[nH]ccc2c1)N1CCC2(CC1)Nc1ccccc1NC2=O. The first-order valence-corrected chi connectivity index (χ1v) is 9.20. The number of para-hydroxylation sites is 2. The van der Waals surface area contributed by atoms with Gasteiger partial charge < -0.3 is 20.5 Å². The second kappa shape index (κ2) is 5.87. The third-order valence-corrected chi connectivity index (χ3v) is 5.69. The quantitative estimate of drug-likeness (QED) is 0.624. The standard InChI is InChI=1S/C21H20N4O2/c26-19(15-5-6-16-14(13-15)7-10-22-16)25-11-8-21(9-12-25)20(27)23-17-3-1-2-4-18(17)24-21/h1-7,10,13,22,24H,8-9,11-12H2,(H,23,27). The first-order chi connectivity index (χ1) is 13.1. The summed E-state index contributed by atoms with van der Waals surface area (Å²) in [7, 11) is 0. The summed E-state index contributed by atoms with van der Waals surface area (Å²) in [6.07, 6.45) is 3.05. The van der Waals surface area contributed by atoms with Crippen LogP contribution in [0.2, 0.25) is 0 Å². The van der Waals surface area contributed by atoms with Gasteiger partial charge in [0.05, 0.1) is 11.4 Å². The molecule has 0 bridgehead atoms. The zero-order valence-electron chi connectivity index (χ0n) is 14.8. The Labute approximate surface area is 156 Å². The van der Waals surface area contributed by atoms with Gasteiger partial charge in [-0.25, -0.2) is 0 Å². The van der Waals surface area contributed by atoms with Crippen LogP contribution < -0.4 is 10.6 Å². The molecular weight excluding hydrogens is 340 g/mol. The van der Waals surface area contributed by atoms with Crippen LogP contribution in [-0.2, 0) is 4.79 Å². The fourth-order valence-corrected chi connectivity index (χ4v) is 4.07. The lowest BCUT2D eigenvalue weighted by molar-refractivity contribution is -0.122. The molecule has 1 fully saturated rings. The van der Waals surface area contributed by atoms with Crippen molar-refractivity contribution >= 4 is 34.1 Å². The highest BCUT2D eigenvalue weighted by Gasteiger charge is 2.45. The van der Waals surface area contributed by atoms with Crippen molar-refractivity contribution in [1.29, 1.82) is 0 Å². The third-order valence-electron chi connectivity index (χ3n) is 5.69. The molecular formula is C21H20N4O2. The van der Waals surface area contributed by atoms with Crippen molar-refractivity contribution in [3.63, 3.8) is 0 Å². The van der Waals surface area contributed by atoms with E-state index < -0.39 is 5.54 Å². The highest BCUT2D eigenvalue weighted by molar-refractivity contribution is 6.06. The number of piperidine rings is 1. The van der Waals surface area contributed by atoms with E-state index in [1.165, 1.54) is 0 Å². The number of carbonyl (C=O) groups excluding carboxylic acids is 2. The van der Waals surface area contributed by atoms with Crippen molar-refractivity contribution in [2.45, 2.75) is 18.4 Å². The molecule has 136 valence electrons. The molecule has 0 radical (unpaired) electrons. The summed E-state index contributed by atoms with van der Waals surface area (Å²) < 4.78 is 0. The van der Waals surface area contributed by atoms with Crippen molar-refractivity contribution in [1.82, 2.24) is 9.88 Å². The van der Waals surface area contributed by atoms with Gasteiger partial charge in [-0.1, -0.05) is 12.1 Å². The average molecular weight is 360 g/mol. The number of hydrogen-bond donors (Lipinski definition) is 3. The number of anilines is 2. The van der Waals surface area contributed by atoms with Gasteiger partial charge in [-0.15, -0.1) is 0 Å². The molecule has 3 aromatic rings. The maximum Gasteiger partial charge on any atom is 0.253 e. The van der Waals surface area contributed by atoms with E-state index in [0.717, 1.165) is 22.3 Å². The molecule has 0 saturated carbocycles. The Hall–Kier alpha value is -3.28. The largest absolute Gasteiger partial charge is 0.369 e. The molecule has 0 atom stereocenters. The Kier molecular flexibility index (Phi) is 3.47. The Morgan fingerprint density at radius 2 is 1.78 bits per heavy atom. The van der Waals surface area contributed by atoms with Crippen LogP contribution in [0.1, 0.15) is 23.2 Å². The molecule has 0 aliphatic carbocycles. The second-order valence-electron chi connectivity index (χ2n) is 7.28. The van der Waals surface area contributed by atoms with Crippen LogP contribution in [0.5, 0.6) is 0 Å². The lowest BCUT2D eigenvalue weighted by atomic mass is 9.84. The number of amides is 2. The highest BCUT2D eigenvalue weighted by Crippen LogP contribution is 2.36. The zero-order chi connectivity index (χ0) is 18.4. The molecule has 1 saturated heterocycles. The highest BCUT2D eigenvalue weighted by atomic mass is 16.2. The van der Waals surface area contributed by atoms with E-state index in [-0.39, 0.29) is 11.8 Å². The van der Waals surface area contributed by atoms with Crippen LogP contribution in [-0.4, -0.2) is 40.3 Å². The van der Waals surface area contributed by atoms with Crippen LogP contribution in [0.3, 0.4) is 0 Å². The van der Waals surface area contributed by atoms with Crippen LogP contribution in [0.15, 0.2) is 54.7 Å². The number of aromatic amines is 1. The Bertz CT molecular complexity index is 1050. The summed E-state index contributed by atoms with van der Waals surface area (Å²) in [6, 6.07) is 15.4. The summed E-state index contributed by atoms with van der Waals surface area (Å²) in [4.78, 5) is 30.6. The van der Waals surface area contributed by atoms with Crippen molar-refractivity contribution in [3.05, 3.63) is 60.3 Å². The molecule has 2 aliphatic heterocycles. The van der Waals surface area contributed by atoms with Gasteiger partial charge in [0.25, 0.3) is 5.91 Å². The summed E-state index contributed by atoms with van der Waals surface area (Å²) in [5, 5.41) is 7.46. The van der Waals surface area contributed by atoms with Crippen LogP contribution >= 0.6 is 0 Å². The summed E-state index contributed by atoms with van der Waals surface area (Å²) in [6.45, 7) is 1.10. The number of H-pyrrole nitrogens is 1. The second-order valence-corrected chi connectivity index (χ2v) is 7.28. The fraction of sp³-hybridized carbons (Fsp3) is 0.238. The normalized spacial score (nSPS) is 18.1. The van der Waals surface area contributed by atoms with Crippen LogP contribution in [0.4, 0.5) is 11.4 Å². The number of nitrogens with one attached hydrogen (secondary N) is 3. The van der Waals surface area contributed by atoms with E-state index in [0.29, 0.717) is 31.5 Å². The molecule has 27 heavy (non-hydrogen) atoms. The van der Waals surface area contributed by atoms with Gasteiger partial charge >= 0.3 is 0 Å². The van der Waals surface area contributed by atoms with Crippen LogP contribution in [0, 0.1) is 0 Å². The van der Waals surface area contributed by atoms with Crippen molar-refractivity contribution in [2.24, 2.45) is 0 Å². The monoisotopic (exact) mass is 360 g/mol. The number of carbonyl (C=O) groups is 2. The van der Waals surface area contributed by atoms with E-state index in [4.69, 9.17) is 0 Å². The number of nitrogens with zero attached hydrogens (tertiary/aromatic N) is 1. The van der Waals surface area contributed by atoms with E-state index in [1.54, 1.807) is 0 Å². The third kappa shape index (κ3) is 2.56. The molecule has 0 unspecified atom stereocenters. The fourth-order valence-electron chi connectivity index (χ4n) is 4.07. The Morgan fingerprint density at radius 3 is 2.59 bits per heavy atom. The molecule has 6 nitrogen and oxygen atoms in total. The maximum absolute atomic E-state index is 12.9. The van der Waals surface area contributed by atoms with Gasteiger partial charge in [0.2, 0.25) is 5.91 Å². The minimum Gasteiger partial charge on any atom is -0.369 e. The average Bonchev–Trinajstić information content (AvgIpc) is 3.17. The van der Waals surface area contributed by atoms with Gasteiger partial charge in [-0.2, -0.15) is 0 Å². The summed E-state index contributed by atoms with van der Waals surface area (Å²) in [5.74, 6) is 0.00612. The molecule has 1 spiro atoms. The number of hydrogen-bond acceptors (Lipinski definition) is 3. The number of aromatic nitrogens is 1. The summed E-state index contributed by atoms with van der Waals surface area (Å²) in [5.41, 5.74) is 2.81. The number of benzene rings is 2. The van der Waals surface area contributed by atoms with Crippen molar-refractivity contribution in [2.75, 3.05) is 23.7 Å². The molecule has 1 aromatic heterocycles. The lowest BCUT2D eigenvalue weighted by Crippen LogP contribution is -2.59. The minimum atomic E-state index is -0.643. The minimum absolute atomic E-state index is 0.0120. The van der Waals surface area contributed by atoms with Gasteiger partial charge in [-0.05, 0) is 49.2 Å². The number of fused-ring (bicyclic) bond motifs is 2. The van der Waals surface area contributed by atoms with Crippen molar-refractivity contribution < 1.29 is 9.59 Å². The number of likely N-dealkylation sites (tertiary alicyclic amines) is 1. The van der Waals surface area contributed by atoms with E-state index in [9.17, 15) is 9.59 Å². The van der Waals surface area contributed by atoms with E-state index in [2.05, 4.69) is 15.6 Å². The zero-order valence-corrected chi connectivity index (χ0v) is 14.8.